The van der Waals surface area contributed by atoms with Gasteiger partial charge in [-0.25, -0.2) is 9.59 Å². The summed E-state index contributed by atoms with van der Waals surface area (Å²) in [5.74, 6) is 1.03. The predicted molar refractivity (Wildman–Crippen MR) is 164 cm³/mol. The minimum absolute atomic E-state index is 0.0836. The molecule has 0 atom stereocenters. The van der Waals surface area contributed by atoms with Gasteiger partial charge in [0, 0.05) is 0 Å². The lowest BCUT2D eigenvalue weighted by molar-refractivity contribution is 0.0265. The molecule has 0 amide bonds. The van der Waals surface area contributed by atoms with E-state index in [0.29, 0.717) is 47.3 Å². The Kier molecular flexibility index (Phi) is 17.6. The van der Waals surface area contributed by atoms with Gasteiger partial charge in [-0.2, -0.15) is 0 Å². The molecule has 2 aromatic carbocycles. The second-order valence-electron chi connectivity index (χ2n) is 10.2. The summed E-state index contributed by atoms with van der Waals surface area (Å²) < 4.78 is 33.1. The Balaban J connectivity index is 1.74. The lowest BCUT2D eigenvalue weighted by Crippen LogP contribution is -2.14. The predicted octanol–water partition coefficient (Wildman–Crippen LogP) is 8.20. The van der Waals surface area contributed by atoms with Gasteiger partial charge in [0.15, 0.2) is 23.0 Å². The average Bonchev–Trinajstić information content (AvgIpc) is 3.02. The number of hydrogen-bond acceptors (Lipinski definition) is 8. The Hall–Kier alpha value is -3.42. The van der Waals surface area contributed by atoms with Crippen LogP contribution in [0.1, 0.15) is 112 Å². The van der Waals surface area contributed by atoms with E-state index in [1.807, 2.05) is 0 Å². The molecule has 0 radical (unpaired) electrons. The maximum atomic E-state index is 12.5. The third kappa shape index (κ3) is 13.0. The highest BCUT2D eigenvalue weighted by Crippen LogP contribution is 2.30. The molecule has 234 valence electrons. The van der Waals surface area contributed by atoms with Crippen molar-refractivity contribution in [2.24, 2.45) is 0 Å². The first-order chi connectivity index (χ1) is 20.5. The largest absolute Gasteiger partial charge is 0.493 e. The van der Waals surface area contributed by atoms with Crippen molar-refractivity contribution in [2.75, 3.05) is 40.6 Å². The number of unbranched alkanes of at least 4 members (excludes halogenated alkanes) is 10. The average molecular weight is 587 g/mol. The van der Waals surface area contributed by atoms with Crippen LogP contribution in [0.25, 0.3) is 0 Å². The molecule has 0 heterocycles. The van der Waals surface area contributed by atoms with Gasteiger partial charge in [-0.1, -0.05) is 78.1 Å². The highest BCUT2D eigenvalue weighted by Gasteiger charge is 2.15. The molecule has 0 unspecified atom stereocenters. The van der Waals surface area contributed by atoms with Crippen LogP contribution in [0, 0.1) is 0 Å². The Labute approximate surface area is 252 Å². The maximum Gasteiger partial charge on any atom is 0.338 e. The van der Waals surface area contributed by atoms with Gasteiger partial charge < -0.3 is 28.4 Å². The lowest BCUT2D eigenvalue weighted by atomic mass is 10.1. The standard InChI is InChI=1S/C34H50O8/c1-5-7-9-11-13-15-21-39-29-19-17-27(25-31(29)37-3)33(35)41-23-24-42-34(36)28-18-20-30(32(26-28)38-4)40-22-16-14-12-10-8-6-2/h17-20,25-26H,5-16,21-24H2,1-4H3. The first kappa shape index (κ1) is 34.8. The molecule has 0 saturated carbocycles. The van der Waals surface area contributed by atoms with Crippen LogP contribution in [-0.4, -0.2) is 52.6 Å². The molecule has 2 rings (SSSR count). The van der Waals surface area contributed by atoms with Gasteiger partial charge in [-0.15, -0.1) is 0 Å². The molecule has 0 N–H and O–H groups in total. The summed E-state index contributed by atoms with van der Waals surface area (Å²) in [6.07, 6.45) is 14.1. The summed E-state index contributed by atoms with van der Waals surface area (Å²) in [6, 6.07) is 9.87. The van der Waals surface area contributed by atoms with Crippen molar-refractivity contribution in [3.8, 4) is 23.0 Å². The molecule has 0 aliphatic heterocycles. The van der Waals surface area contributed by atoms with E-state index in [4.69, 9.17) is 28.4 Å². The fourth-order valence-electron chi connectivity index (χ4n) is 4.39. The minimum Gasteiger partial charge on any atom is -0.493 e. The normalized spacial score (nSPS) is 10.7. The van der Waals surface area contributed by atoms with Gasteiger partial charge >= 0.3 is 11.9 Å². The minimum atomic E-state index is -0.541. The van der Waals surface area contributed by atoms with Gasteiger partial charge in [0.2, 0.25) is 0 Å². The quantitative estimate of drug-likeness (QED) is 0.0951. The topological polar surface area (TPSA) is 89.5 Å². The van der Waals surface area contributed by atoms with Crippen molar-refractivity contribution in [3.63, 3.8) is 0 Å². The molecule has 8 nitrogen and oxygen atoms in total. The van der Waals surface area contributed by atoms with Crippen molar-refractivity contribution in [3.05, 3.63) is 47.5 Å². The third-order valence-corrected chi connectivity index (χ3v) is 6.86. The fourth-order valence-corrected chi connectivity index (χ4v) is 4.39. The molecule has 0 fully saturated rings. The molecule has 42 heavy (non-hydrogen) atoms. The molecule has 0 aromatic heterocycles. The highest BCUT2D eigenvalue weighted by atomic mass is 16.6. The number of hydrogen-bond donors (Lipinski definition) is 0. The van der Waals surface area contributed by atoms with Crippen molar-refractivity contribution in [1.82, 2.24) is 0 Å². The van der Waals surface area contributed by atoms with E-state index < -0.39 is 11.9 Å². The number of rotatable bonds is 23. The van der Waals surface area contributed by atoms with Gasteiger partial charge in [-0.3, -0.25) is 0 Å². The Bertz CT molecular complexity index is 968. The van der Waals surface area contributed by atoms with E-state index >= 15 is 0 Å². The smallest absolute Gasteiger partial charge is 0.338 e. The van der Waals surface area contributed by atoms with Gasteiger partial charge in [-0.05, 0) is 49.2 Å². The molecule has 8 heteroatoms. The van der Waals surface area contributed by atoms with Gasteiger partial charge in [0.25, 0.3) is 0 Å². The van der Waals surface area contributed by atoms with Gasteiger partial charge in [0.1, 0.15) is 13.2 Å². The van der Waals surface area contributed by atoms with Crippen molar-refractivity contribution in [2.45, 2.75) is 90.9 Å². The molecule has 0 spiro atoms. The van der Waals surface area contributed by atoms with Crippen molar-refractivity contribution >= 4 is 11.9 Å². The molecule has 0 saturated heterocycles. The monoisotopic (exact) mass is 586 g/mol. The number of benzene rings is 2. The highest BCUT2D eigenvalue weighted by molar-refractivity contribution is 5.91. The van der Waals surface area contributed by atoms with Crippen LogP contribution in [0.2, 0.25) is 0 Å². The molecule has 2 aromatic rings. The fraction of sp³-hybridized carbons (Fsp3) is 0.588. The number of esters is 2. The first-order valence-electron chi connectivity index (χ1n) is 15.5. The zero-order valence-electron chi connectivity index (χ0n) is 26.0. The summed E-state index contributed by atoms with van der Waals surface area (Å²) in [5.41, 5.74) is 0.651. The number of ether oxygens (including phenoxy) is 6. The van der Waals surface area contributed by atoms with Crippen LogP contribution in [0.4, 0.5) is 0 Å². The molecule has 0 aliphatic rings. The number of carbonyl (C=O) groups is 2. The SMILES string of the molecule is CCCCCCCCOc1ccc(C(=O)OCCOC(=O)c2ccc(OCCCCCCCC)c(OC)c2)cc1OC. The van der Waals surface area contributed by atoms with E-state index in [1.54, 1.807) is 36.4 Å². The summed E-state index contributed by atoms with van der Waals surface area (Å²) in [7, 11) is 3.07. The maximum absolute atomic E-state index is 12.5. The van der Waals surface area contributed by atoms with E-state index in [2.05, 4.69) is 13.8 Å². The van der Waals surface area contributed by atoms with E-state index in [1.165, 1.54) is 65.6 Å². The zero-order valence-corrected chi connectivity index (χ0v) is 26.0. The van der Waals surface area contributed by atoms with Gasteiger partial charge in [0.05, 0.1) is 38.6 Å². The Morgan fingerprint density at radius 1 is 0.500 bits per heavy atom. The van der Waals surface area contributed by atoms with Crippen molar-refractivity contribution in [1.29, 1.82) is 0 Å². The second kappa shape index (κ2) is 21.3. The first-order valence-corrected chi connectivity index (χ1v) is 15.5. The molecule has 0 bridgehead atoms. The lowest BCUT2D eigenvalue weighted by Gasteiger charge is -2.13. The summed E-state index contributed by atoms with van der Waals surface area (Å²) in [4.78, 5) is 25.1. The van der Waals surface area contributed by atoms with Crippen LogP contribution in [0.3, 0.4) is 0 Å². The van der Waals surface area contributed by atoms with E-state index in [9.17, 15) is 9.59 Å². The van der Waals surface area contributed by atoms with Crippen molar-refractivity contribution < 1.29 is 38.0 Å². The van der Waals surface area contributed by atoms with E-state index in [-0.39, 0.29) is 13.2 Å². The number of carbonyl (C=O) groups excluding carboxylic acids is 2. The summed E-state index contributed by atoms with van der Waals surface area (Å²) >= 11 is 0. The zero-order chi connectivity index (χ0) is 30.4. The molecular weight excluding hydrogens is 536 g/mol. The summed E-state index contributed by atoms with van der Waals surface area (Å²) in [6.45, 7) is 5.43. The van der Waals surface area contributed by atoms with Crippen LogP contribution in [-0.2, 0) is 9.47 Å². The van der Waals surface area contributed by atoms with Crippen LogP contribution >= 0.6 is 0 Å². The van der Waals surface area contributed by atoms with E-state index in [0.717, 1.165) is 25.7 Å². The van der Waals surface area contributed by atoms with Crippen LogP contribution in [0.5, 0.6) is 23.0 Å². The Morgan fingerprint density at radius 2 is 0.881 bits per heavy atom. The van der Waals surface area contributed by atoms with Crippen LogP contribution < -0.4 is 18.9 Å². The second-order valence-corrected chi connectivity index (χ2v) is 10.2. The summed E-state index contributed by atoms with van der Waals surface area (Å²) in [5, 5.41) is 0. The van der Waals surface area contributed by atoms with Crippen LogP contribution in [0.15, 0.2) is 36.4 Å². The Morgan fingerprint density at radius 3 is 1.26 bits per heavy atom. The number of methoxy groups -OCH3 is 2. The molecule has 0 aliphatic carbocycles. The third-order valence-electron chi connectivity index (χ3n) is 6.86. The molecular formula is C34H50O8.